The van der Waals surface area contributed by atoms with Crippen molar-refractivity contribution in [3.8, 4) is 0 Å². The molecule has 0 saturated heterocycles. The molecule has 0 heterocycles. The summed E-state index contributed by atoms with van der Waals surface area (Å²) in [6.45, 7) is 4.45. The van der Waals surface area contributed by atoms with Crippen molar-refractivity contribution < 1.29 is 9.53 Å². The fourth-order valence-corrected chi connectivity index (χ4v) is 2.48. The molecule has 1 amide bonds. The van der Waals surface area contributed by atoms with E-state index in [0.717, 1.165) is 25.7 Å². The molecule has 0 radical (unpaired) electrons. The smallest absolute Gasteiger partial charge is 0.225 e. The van der Waals surface area contributed by atoms with Crippen molar-refractivity contribution >= 4 is 5.91 Å². The molecular formula is C13H26N2O2. The van der Waals surface area contributed by atoms with Gasteiger partial charge in [0.25, 0.3) is 0 Å². The molecule has 0 aromatic heterocycles. The maximum absolute atomic E-state index is 12.2. The summed E-state index contributed by atoms with van der Waals surface area (Å²) in [5.41, 5.74) is 5.76. The number of amides is 1. The van der Waals surface area contributed by atoms with Crippen LogP contribution in [0, 0.1) is 5.92 Å². The number of hydrogen-bond acceptors (Lipinski definition) is 3. The molecule has 100 valence electrons. The van der Waals surface area contributed by atoms with Gasteiger partial charge >= 0.3 is 0 Å². The number of ether oxygens (including phenoxy) is 1. The van der Waals surface area contributed by atoms with Crippen LogP contribution in [0.3, 0.4) is 0 Å². The number of nitrogens with one attached hydrogen (secondary N) is 1. The highest BCUT2D eigenvalue weighted by Gasteiger charge is 2.30. The maximum atomic E-state index is 12.2. The van der Waals surface area contributed by atoms with E-state index in [2.05, 4.69) is 5.32 Å². The molecular weight excluding hydrogens is 216 g/mol. The third-order valence-electron chi connectivity index (χ3n) is 3.37. The van der Waals surface area contributed by atoms with Crippen LogP contribution < -0.4 is 11.1 Å². The molecule has 0 aromatic rings. The summed E-state index contributed by atoms with van der Waals surface area (Å²) in [5, 5.41) is 3.04. The second-order valence-electron chi connectivity index (χ2n) is 5.71. The van der Waals surface area contributed by atoms with Gasteiger partial charge in [-0.3, -0.25) is 4.79 Å². The monoisotopic (exact) mass is 242 g/mol. The van der Waals surface area contributed by atoms with E-state index < -0.39 is 0 Å². The topological polar surface area (TPSA) is 64.3 Å². The molecule has 2 unspecified atom stereocenters. The average molecular weight is 242 g/mol. The Bertz CT molecular complexity index is 254. The number of nitrogens with two attached hydrogens (primary N) is 1. The zero-order valence-corrected chi connectivity index (χ0v) is 11.3. The van der Waals surface area contributed by atoms with Crippen molar-refractivity contribution in [2.75, 3.05) is 13.7 Å². The average Bonchev–Trinajstić information content (AvgIpc) is 2.41. The fraction of sp³-hybridized carbons (Fsp3) is 0.923. The zero-order chi connectivity index (χ0) is 12.9. The first-order valence-corrected chi connectivity index (χ1v) is 6.53. The Morgan fingerprint density at radius 1 is 1.35 bits per heavy atom. The van der Waals surface area contributed by atoms with Gasteiger partial charge < -0.3 is 15.8 Å². The molecule has 1 saturated carbocycles. The number of rotatable bonds is 4. The summed E-state index contributed by atoms with van der Waals surface area (Å²) in [7, 11) is 1.64. The molecule has 3 N–H and O–H groups in total. The second kappa shape index (κ2) is 6.36. The van der Waals surface area contributed by atoms with E-state index in [1.165, 1.54) is 6.42 Å². The number of carbonyl (C=O) groups excluding carboxylic acids is 1. The summed E-state index contributed by atoms with van der Waals surface area (Å²) >= 11 is 0. The molecule has 1 aliphatic rings. The third kappa shape index (κ3) is 4.64. The van der Waals surface area contributed by atoms with Crippen LogP contribution in [-0.4, -0.2) is 31.2 Å². The molecule has 0 aliphatic heterocycles. The highest BCUT2D eigenvalue weighted by molar-refractivity contribution is 5.80. The standard InChI is InChI=1S/C13H26N2O2/c1-13(2,9-17-3)15-12(16)10-7-5-4-6-8-11(10)14/h10-11H,4-9,14H2,1-3H3,(H,15,16). The van der Waals surface area contributed by atoms with Gasteiger partial charge in [0, 0.05) is 13.2 Å². The lowest BCUT2D eigenvalue weighted by Gasteiger charge is -2.29. The summed E-state index contributed by atoms with van der Waals surface area (Å²) in [4.78, 5) is 12.2. The predicted molar refractivity (Wildman–Crippen MR) is 68.6 cm³/mol. The Morgan fingerprint density at radius 2 is 2.00 bits per heavy atom. The molecule has 4 heteroatoms. The van der Waals surface area contributed by atoms with E-state index >= 15 is 0 Å². The van der Waals surface area contributed by atoms with E-state index in [1.807, 2.05) is 13.8 Å². The molecule has 17 heavy (non-hydrogen) atoms. The highest BCUT2D eigenvalue weighted by atomic mass is 16.5. The minimum Gasteiger partial charge on any atom is -0.382 e. The normalized spacial score (nSPS) is 26.4. The van der Waals surface area contributed by atoms with Crippen LogP contribution in [0.1, 0.15) is 46.0 Å². The molecule has 1 fully saturated rings. The molecule has 0 aromatic carbocycles. The maximum Gasteiger partial charge on any atom is 0.225 e. The minimum atomic E-state index is -0.322. The number of carbonyl (C=O) groups is 1. The Balaban J connectivity index is 2.55. The van der Waals surface area contributed by atoms with Crippen LogP contribution >= 0.6 is 0 Å². The molecule has 1 aliphatic carbocycles. The molecule has 4 nitrogen and oxygen atoms in total. The first-order chi connectivity index (χ1) is 7.96. The third-order valence-corrected chi connectivity index (χ3v) is 3.37. The Morgan fingerprint density at radius 3 is 2.65 bits per heavy atom. The lowest BCUT2D eigenvalue weighted by molar-refractivity contribution is -0.128. The highest BCUT2D eigenvalue weighted by Crippen LogP contribution is 2.23. The minimum absolute atomic E-state index is 0.0100. The first kappa shape index (κ1) is 14.5. The van der Waals surface area contributed by atoms with Gasteiger partial charge in [-0.1, -0.05) is 19.3 Å². The first-order valence-electron chi connectivity index (χ1n) is 6.53. The van der Waals surface area contributed by atoms with Gasteiger partial charge in [-0.2, -0.15) is 0 Å². The molecule has 0 spiro atoms. The van der Waals surface area contributed by atoms with E-state index in [-0.39, 0.29) is 23.4 Å². The van der Waals surface area contributed by atoms with Crippen LogP contribution in [0.15, 0.2) is 0 Å². The SMILES string of the molecule is COCC(C)(C)NC(=O)C1CCCCCC1N. The zero-order valence-electron chi connectivity index (χ0n) is 11.3. The molecule has 2 atom stereocenters. The summed E-state index contributed by atoms with van der Waals surface area (Å²) in [6, 6.07) is 0.0100. The summed E-state index contributed by atoms with van der Waals surface area (Å²) < 4.78 is 5.10. The number of hydrogen-bond donors (Lipinski definition) is 2. The van der Waals surface area contributed by atoms with Crippen LogP contribution in [-0.2, 0) is 9.53 Å². The Hall–Kier alpha value is -0.610. The van der Waals surface area contributed by atoms with Crippen LogP contribution in [0.2, 0.25) is 0 Å². The van der Waals surface area contributed by atoms with E-state index in [1.54, 1.807) is 7.11 Å². The number of methoxy groups -OCH3 is 1. The van der Waals surface area contributed by atoms with Gasteiger partial charge in [-0.05, 0) is 26.7 Å². The lowest BCUT2D eigenvalue weighted by Crippen LogP contribution is -2.51. The molecule has 0 bridgehead atoms. The Kier molecular flexibility index (Phi) is 5.40. The van der Waals surface area contributed by atoms with Crippen molar-refractivity contribution in [2.45, 2.75) is 57.5 Å². The van der Waals surface area contributed by atoms with Crippen molar-refractivity contribution in [3.05, 3.63) is 0 Å². The largest absolute Gasteiger partial charge is 0.382 e. The van der Waals surface area contributed by atoms with Gasteiger partial charge in [-0.25, -0.2) is 0 Å². The van der Waals surface area contributed by atoms with Gasteiger partial charge in [0.1, 0.15) is 0 Å². The second-order valence-corrected chi connectivity index (χ2v) is 5.71. The van der Waals surface area contributed by atoms with Crippen LogP contribution in [0.5, 0.6) is 0 Å². The van der Waals surface area contributed by atoms with Crippen LogP contribution in [0.4, 0.5) is 0 Å². The lowest BCUT2D eigenvalue weighted by atomic mass is 9.93. The molecule has 1 rings (SSSR count). The van der Waals surface area contributed by atoms with Crippen LogP contribution in [0.25, 0.3) is 0 Å². The van der Waals surface area contributed by atoms with Crippen molar-refractivity contribution in [2.24, 2.45) is 11.7 Å². The van der Waals surface area contributed by atoms with Gasteiger partial charge in [0.15, 0.2) is 0 Å². The fourth-order valence-electron chi connectivity index (χ4n) is 2.48. The van der Waals surface area contributed by atoms with E-state index in [0.29, 0.717) is 6.61 Å². The van der Waals surface area contributed by atoms with Crippen molar-refractivity contribution in [3.63, 3.8) is 0 Å². The quantitative estimate of drug-likeness (QED) is 0.733. The van der Waals surface area contributed by atoms with E-state index in [9.17, 15) is 4.79 Å². The van der Waals surface area contributed by atoms with Gasteiger partial charge in [0.05, 0.1) is 18.1 Å². The predicted octanol–water partition coefficient (Wildman–Crippen LogP) is 1.44. The van der Waals surface area contributed by atoms with Crippen molar-refractivity contribution in [1.29, 1.82) is 0 Å². The Labute approximate surface area is 104 Å². The summed E-state index contributed by atoms with van der Waals surface area (Å²) in [5.74, 6) is 0.0510. The van der Waals surface area contributed by atoms with Gasteiger partial charge in [0.2, 0.25) is 5.91 Å². The van der Waals surface area contributed by atoms with E-state index in [4.69, 9.17) is 10.5 Å². The van der Waals surface area contributed by atoms with Crippen molar-refractivity contribution in [1.82, 2.24) is 5.32 Å². The summed E-state index contributed by atoms with van der Waals surface area (Å²) in [6.07, 6.45) is 5.32. The van der Waals surface area contributed by atoms with Gasteiger partial charge in [-0.15, -0.1) is 0 Å².